The third-order valence-electron chi connectivity index (χ3n) is 3.12. The molecule has 2 amide bonds. The van der Waals surface area contributed by atoms with Gasteiger partial charge >= 0.3 is 0 Å². The Hall–Kier alpha value is -3.09. The van der Waals surface area contributed by atoms with Crippen LogP contribution in [0, 0.1) is 5.82 Å². The van der Waals surface area contributed by atoms with Crippen LogP contribution in [-0.2, 0) is 9.59 Å². The molecule has 0 atom stereocenters. The lowest BCUT2D eigenvalue weighted by Gasteiger charge is -2.10. The zero-order valence-electron chi connectivity index (χ0n) is 13.3. The van der Waals surface area contributed by atoms with E-state index in [1.54, 1.807) is 18.2 Å². The van der Waals surface area contributed by atoms with Gasteiger partial charge in [-0.1, -0.05) is 0 Å². The summed E-state index contributed by atoms with van der Waals surface area (Å²) >= 11 is 0. The van der Waals surface area contributed by atoms with Gasteiger partial charge in [0.1, 0.15) is 12.2 Å². The van der Waals surface area contributed by atoms with Crippen molar-refractivity contribution >= 4 is 23.2 Å². The summed E-state index contributed by atoms with van der Waals surface area (Å²) in [5.74, 6) is -0.392. The van der Waals surface area contributed by atoms with Crippen LogP contribution >= 0.6 is 0 Å². The smallest absolute Gasteiger partial charge is 0.233 e. The van der Waals surface area contributed by atoms with E-state index < -0.39 is 17.6 Å². The lowest BCUT2D eigenvalue weighted by Crippen LogP contribution is -2.21. The monoisotopic (exact) mass is 332 g/mol. The molecule has 0 bridgehead atoms. The van der Waals surface area contributed by atoms with Crippen LogP contribution in [0.3, 0.4) is 0 Å². The molecule has 0 heterocycles. The number of anilines is 2. The van der Waals surface area contributed by atoms with Gasteiger partial charge in [-0.2, -0.15) is 0 Å². The Morgan fingerprint density at radius 3 is 2.00 bits per heavy atom. The molecule has 2 aromatic rings. The predicted molar refractivity (Wildman–Crippen MR) is 87.8 cm³/mol. The van der Waals surface area contributed by atoms with Crippen molar-refractivity contribution in [2.75, 3.05) is 24.9 Å². The second-order valence-corrected chi connectivity index (χ2v) is 4.85. The molecule has 2 aromatic carbocycles. The number of carbonyl (C=O) groups excluding carboxylic acids is 2. The van der Waals surface area contributed by atoms with Gasteiger partial charge in [-0.15, -0.1) is 0 Å². The highest BCUT2D eigenvalue weighted by Gasteiger charge is 2.12. The maximum Gasteiger partial charge on any atom is 0.233 e. The molecular weight excluding hydrogens is 315 g/mol. The Morgan fingerprint density at radius 2 is 1.42 bits per heavy atom. The Balaban J connectivity index is 1.92. The minimum Gasteiger partial charge on any atom is -0.493 e. The third-order valence-corrected chi connectivity index (χ3v) is 3.12. The van der Waals surface area contributed by atoms with Crippen molar-refractivity contribution in [1.29, 1.82) is 0 Å². The van der Waals surface area contributed by atoms with E-state index in [-0.39, 0.29) is 6.42 Å². The molecule has 7 heteroatoms. The number of methoxy groups -OCH3 is 2. The predicted octanol–water partition coefficient (Wildman–Crippen LogP) is 2.81. The number of nitrogens with one attached hydrogen (secondary N) is 2. The molecule has 2 rings (SSSR count). The molecule has 24 heavy (non-hydrogen) atoms. The summed E-state index contributed by atoms with van der Waals surface area (Å²) in [5, 5.41) is 5.11. The summed E-state index contributed by atoms with van der Waals surface area (Å²) in [5.41, 5.74) is 0.896. The number of rotatable bonds is 6. The van der Waals surface area contributed by atoms with Crippen molar-refractivity contribution < 1.29 is 23.5 Å². The second-order valence-electron chi connectivity index (χ2n) is 4.85. The largest absolute Gasteiger partial charge is 0.493 e. The highest BCUT2D eigenvalue weighted by molar-refractivity contribution is 6.08. The van der Waals surface area contributed by atoms with E-state index in [1.807, 2.05) is 0 Å². The average Bonchev–Trinajstić information content (AvgIpc) is 2.56. The fourth-order valence-corrected chi connectivity index (χ4v) is 2.00. The van der Waals surface area contributed by atoms with Gasteiger partial charge in [-0.05, 0) is 36.4 Å². The number of carbonyl (C=O) groups is 2. The zero-order valence-corrected chi connectivity index (χ0v) is 13.3. The first kappa shape index (κ1) is 17.3. The number of hydrogen-bond donors (Lipinski definition) is 2. The van der Waals surface area contributed by atoms with Gasteiger partial charge in [0, 0.05) is 17.4 Å². The average molecular weight is 332 g/mol. The van der Waals surface area contributed by atoms with Crippen molar-refractivity contribution in [3.8, 4) is 11.5 Å². The first-order chi connectivity index (χ1) is 11.5. The highest BCUT2D eigenvalue weighted by atomic mass is 19.1. The molecule has 0 aliphatic rings. The quantitative estimate of drug-likeness (QED) is 0.798. The van der Waals surface area contributed by atoms with Crippen LogP contribution in [0.5, 0.6) is 11.5 Å². The molecule has 0 fully saturated rings. The minimum atomic E-state index is -0.500. The van der Waals surface area contributed by atoms with E-state index in [9.17, 15) is 14.0 Å². The van der Waals surface area contributed by atoms with Crippen molar-refractivity contribution in [3.05, 3.63) is 48.3 Å². The summed E-state index contributed by atoms with van der Waals surface area (Å²) in [4.78, 5) is 23.7. The van der Waals surface area contributed by atoms with Gasteiger partial charge in [-0.25, -0.2) is 4.39 Å². The number of ether oxygens (including phenoxy) is 2. The molecular formula is C17H17FN2O4. The Labute approximate surface area is 138 Å². The first-order valence-electron chi connectivity index (χ1n) is 7.09. The maximum atomic E-state index is 12.8. The van der Waals surface area contributed by atoms with Crippen molar-refractivity contribution in [2.24, 2.45) is 0 Å². The van der Waals surface area contributed by atoms with Crippen LogP contribution in [0.25, 0.3) is 0 Å². The van der Waals surface area contributed by atoms with Gasteiger partial charge in [0.15, 0.2) is 11.5 Å². The maximum absolute atomic E-state index is 12.8. The van der Waals surface area contributed by atoms with Gasteiger partial charge in [0.05, 0.1) is 14.2 Å². The van der Waals surface area contributed by atoms with Crippen molar-refractivity contribution in [2.45, 2.75) is 6.42 Å². The fraction of sp³-hybridized carbons (Fsp3) is 0.176. The molecule has 0 aromatic heterocycles. The van der Waals surface area contributed by atoms with Crippen LogP contribution in [0.1, 0.15) is 6.42 Å². The number of amides is 2. The lowest BCUT2D eigenvalue weighted by molar-refractivity contribution is -0.123. The van der Waals surface area contributed by atoms with Gasteiger partial charge in [0.2, 0.25) is 11.8 Å². The molecule has 0 spiro atoms. The first-order valence-corrected chi connectivity index (χ1v) is 7.09. The van der Waals surface area contributed by atoms with E-state index in [2.05, 4.69) is 10.6 Å². The molecule has 0 aliphatic carbocycles. The van der Waals surface area contributed by atoms with Crippen molar-refractivity contribution in [3.63, 3.8) is 0 Å². The minimum absolute atomic E-state index is 0.369. The molecule has 0 saturated heterocycles. The standard InChI is InChI=1S/C17H17FN2O4/c1-23-14-8-7-13(9-15(14)24-2)20-17(22)10-16(21)19-12-5-3-11(18)4-6-12/h3-9H,10H2,1-2H3,(H,19,21)(H,20,22). The highest BCUT2D eigenvalue weighted by Crippen LogP contribution is 2.29. The van der Waals surface area contributed by atoms with Crippen molar-refractivity contribution in [1.82, 2.24) is 0 Å². The van der Waals surface area contributed by atoms with E-state index >= 15 is 0 Å². The zero-order chi connectivity index (χ0) is 17.5. The van der Waals surface area contributed by atoms with Crippen LogP contribution in [-0.4, -0.2) is 26.0 Å². The summed E-state index contributed by atoms with van der Waals surface area (Å²) in [7, 11) is 3.00. The van der Waals surface area contributed by atoms with E-state index in [0.29, 0.717) is 22.9 Å². The lowest BCUT2D eigenvalue weighted by atomic mass is 10.2. The summed E-state index contributed by atoms with van der Waals surface area (Å²) in [6.07, 6.45) is -0.369. The normalized spacial score (nSPS) is 9.96. The van der Waals surface area contributed by atoms with E-state index in [0.717, 1.165) is 0 Å². The Bertz CT molecular complexity index is 732. The van der Waals surface area contributed by atoms with Crippen LogP contribution in [0.4, 0.5) is 15.8 Å². The van der Waals surface area contributed by atoms with Crippen LogP contribution in [0.2, 0.25) is 0 Å². The third kappa shape index (κ3) is 4.70. The number of hydrogen-bond acceptors (Lipinski definition) is 4. The molecule has 0 radical (unpaired) electrons. The molecule has 0 aliphatic heterocycles. The van der Waals surface area contributed by atoms with E-state index in [4.69, 9.17) is 9.47 Å². The molecule has 0 unspecified atom stereocenters. The fourth-order valence-electron chi connectivity index (χ4n) is 2.00. The van der Waals surface area contributed by atoms with Crippen LogP contribution < -0.4 is 20.1 Å². The topological polar surface area (TPSA) is 76.7 Å². The second kappa shape index (κ2) is 7.96. The number of halogens is 1. The molecule has 0 saturated carbocycles. The summed E-state index contributed by atoms with van der Waals surface area (Å²) in [6, 6.07) is 10.1. The van der Waals surface area contributed by atoms with Gasteiger partial charge in [-0.3, -0.25) is 9.59 Å². The SMILES string of the molecule is COc1ccc(NC(=O)CC(=O)Nc2ccc(F)cc2)cc1OC. The van der Waals surface area contributed by atoms with E-state index in [1.165, 1.54) is 38.5 Å². The number of benzene rings is 2. The summed E-state index contributed by atoms with van der Waals surface area (Å²) < 4.78 is 23.0. The van der Waals surface area contributed by atoms with Crippen LogP contribution in [0.15, 0.2) is 42.5 Å². The molecule has 2 N–H and O–H groups in total. The summed E-state index contributed by atoms with van der Waals surface area (Å²) in [6.45, 7) is 0. The molecule has 126 valence electrons. The van der Waals surface area contributed by atoms with Gasteiger partial charge in [0.25, 0.3) is 0 Å². The van der Waals surface area contributed by atoms with Gasteiger partial charge < -0.3 is 20.1 Å². The Kier molecular flexibility index (Phi) is 5.73. The molecule has 6 nitrogen and oxygen atoms in total. The Morgan fingerprint density at radius 1 is 0.875 bits per heavy atom.